The highest BCUT2D eigenvalue weighted by Gasteiger charge is 2.24. The molecule has 14 rings (SSSR count). The molecule has 0 radical (unpaired) electrons. The number of fused-ring (bicyclic) bond motifs is 13. The lowest BCUT2D eigenvalue weighted by Crippen LogP contribution is -2.07. The zero-order chi connectivity index (χ0) is 44.7. The predicted octanol–water partition coefficient (Wildman–Crippen LogP) is 16.2. The van der Waals surface area contributed by atoms with Crippen LogP contribution in [0.2, 0.25) is 0 Å². The van der Waals surface area contributed by atoms with Gasteiger partial charge in [-0.05, 0) is 91.0 Å². The second-order valence-electron chi connectivity index (χ2n) is 17.6. The van der Waals surface area contributed by atoms with Gasteiger partial charge in [-0.2, -0.15) is 9.97 Å². The maximum absolute atomic E-state index is 5.47. The molecule has 5 nitrogen and oxygen atoms in total. The Bertz CT molecular complexity index is 4270. The van der Waals surface area contributed by atoms with Crippen LogP contribution in [0.5, 0.6) is 0 Å². The first-order valence-corrected chi connectivity index (χ1v) is 23.1. The highest BCUT2D eigenvalue weighted by Crippen LogP contribution is 2.43. The molecule has 11 aromatic carbocycles. The summed E-state index contributed by atoms with van der Waals surface area (Å²) in [7, 11) is 0. The SMILES string of the molecule is c1ccc(-c2ccc(-n3c4ccccc4c4ccc5c6ccccc6n(-c6nc(-c7ccccc7)nc(-c7cccc(-c8ccc9c%10ccccc%10c%10ccccc%10c9c8)c7)n6)c5c43)cc2)cc1. The first kappa shape index (κ1) is 38.1. The van der Waals surface area contributed by atoms with Crippen LogP contribution >= 0.6 is 0 Å². The first-order valence-electron chi connectivity index (χ1n) is 23.1. The Morgan fingerprint density at radius 2 is 0.647 bits per heavy atom. The molecule has 0 fully saturated rings. The van der Waals surface area contributed by atoms with Crippen LogP contribution in [-0.2, 0) is 0 Å². The van der Waals surface area contributed by atoms with Gasteiger partial charge < -0.3 is 4.57 Å². The van der Waals surface area contributed by atoms with Crippen molar-refractivity contribution in [3.63, 3.8) is 0 Å². The van der Waals surface area contributed by atoms with Crippen LogP contribution < -0.4 is 0 Å². The molecule has 0 atom stereocenters. The maximum Gasteiger partial charge on any atom is 0.238 e. The van der Waals surface area contributed by atoms with E-state index >= 15 is 0 Å². The quantitative estimate of drug-likeness (QED) is 0.156. The van der Waals surface area contributed by atoms with Gasteiger partial charge in [0, 0.05) is 38.4 Å². The van der Waals surface area contributed by atoms with Gasteiger partial charge >= 0.3 is 0 Å². The van der Waals surface area contributed by atoms with Crippen LogP contribution in [0, 0.1) is 0 Å². The van der Waals surface area contributed by atoms with Crippen molar-refractivity contribution < 1.29 is 0 Å². The molecule has 0 spiro atoms. The summed E-state index contributed by atoms with van der Waals surface area (Å²) in [5.41, 5.74) is 11.8. The number of para-hydroxylation sites is 2. The van der Waals surface area contributed by atoms with E-state index in [0.29, 0.717) is 17.6 Å². The first-order chi connectivity index (χ1) is 33.7. The number of nitrogens with zero attached hydrogens (tertiary/aromatic N) is 5. The van der Waals surface area contributed by atoms with Gasteiger partial charge in [-0.3, -0.25) is 4.57 Å². The summed E-state index contributed by atoms with van der Waals surface area (Å²) >= 11 is 0. The predicted molar refractivity (Wildman–Crippen MR) is 283 cm³/mol. The Kier molecular flexibility index (Phi) is 8.52. The molecule has 14 aromatic rings. The summed E-state index contributed by atoms with van der Waals surface area (Å²) < 4.78 is 4.68. The zero-order valence-corrected chi connectivity index (χ0v) is 36.8. The van der Waals surface area contributed by atoms with E-state index in [4.69, 9.17) is 15.0 Å². The van der Waals surface area contributed by atoms with E-state index in [0.717, 1.165) is 66.2 Å². The van der Waals surface area contributed by atoms with Gasteiger partial charge in [-0.1, -0.05) is 200 Å². The van der Waals surface area contributed by atoms with Crippen molar-refractivity contribution in [1.29, 1.82) is 0 Å². The normalized spacial score (nSPS) is 11.8. The van der Waals surface area contributed by atoms with Gasteiger partial charge in [0.1, 0.15) is 0 Å². The second-order valence-corrected chi connectivity index (χ2v) is 17.6. The molecular formula is C63H39N5. The lowest BCUT2D eigenvalue weighted by molar-refractivity contribution is 0.953. The smallest absolute Gasteiger partial charge is 0.238 e. The molecule has 3 aromatic heterocycles. The van der Waals surface area contributed by atoms with Gasteiger partial charge in [0.05, 0.1) is 22.1 Å². The topological polar surface area (TPSA) is 48.5 Å². The molecule has 0 aliphatic heterocycles. The minimum atomic E-state index is 0.554. The van der Waals surface area contributed by atoms with Crippen molar-refractivity contribution in [2.24, 2.45) is 0 Å². The maximum atomic E-state index is 5.47. The lowest BCUT2D eigenvalue weighted by atomic mass is 9.92. The number of aromatic nitrogens is 5. The van der Waals surface area contributed by atoms with Crippen molar-refractivity contribution in [1.82, 2.24) is 24.1 Å². The van der Waals surface area contributed by atoms with Crippen LogP contribution in [0.25, 0.3) is 133 Å². The van der Waals surface area contributed by atoms with Crippen LogP contribution in [0.3, 0.4) is 0 Å². The van der Waals surface area contributed by atoms with Crippen molar-refractivity contribution >= 4 is 75.9 Å². The average Bonchev–Trinajstić information content (AvgIpc) is 3.94. The number of benzene rings is 11. The zero-order valence-electron chi connectivity index (χ0n) is 36.8. The summed E-state index contributed by atoms with van der Waals surface area (Å²) in [4.78, 5) is 16.1. The standard InChI is InChI=1S/C63H39N5/c1-3-16-40(17-4-1)41-30-33-46(34-31-41)67-57-28-13-11-26-52(57)54-36-37-55-53-27-12-14-29-58(53)68(60(55)59(54)67)63-65-61(42-18-5-2-6-19-42)64-62(66-63)45-21-15-20-43(38-45)44-32-35-51-49-24-8-7-22-47(49)48-23-9-10-25-50(48)56(51)39-44/h1-39H. The summed E-state index contributed by atoms with van der Waals surface area (Å²) in [5, 5.41) is 12.1. The van der Waals surface area contributed by atoms with Crippen LogP contribution in [0.15, 0.2) is 237 Å². The van der Waals surface area contributed by atoms with Crippen LogP contribution in [-0.4, -0.2) is 24.1 Å². The van der Waals surface area contributed by atoms with Crippen molar-refractivity contribution in [3.05, 3.63) is 237 Å². The molecule has 68 heavy (non-hydrogen) atoms. The highest BCUT2D eigenvalue weighted by molar-refractivity contribution is 6.26. The van der Waals surface area contributed by atoms with Gasteiger partial charge in [0.2, 0.25) is 5.95 Å². The van der Waals surface area contributed by atoms with Crippen molar-refractivity contribution in [2.75, 3.05) is 0 Å². The molecule has 0 N–H and O–H groups in total. The summed E-state index contributed by atoms with van der Waals surface area (Å²) in [5.74, 6) is 1.76. The van der Waals surface area contributed by atoms with Crippen LogP contribution in [0.4, 0.5) is 0 Å². The van der Waals surface area contributed by atoms with Gasteiger partial charge in [-0.15, -0.1) is 0 Å². The highest BCUT2D eigenvalue weighted by atomic mass is 15.2. The van der Waals surface area contributed by atoms with Gasteiger partial charge in [0.15, 0.2) is 11.6 Å². The molecule has 0 bridgehead atoms. The Morgan fingerprint density at radius 1 is 0.235 bits per heavy atom. The summed E-state index contributed by atoms with van der Waals surface area (Å²) in [6.07, 6.45) is 0. The second kappa shape index (κ2) is 15.2. The fraction of sp³-hybridized carbons (Fsp3) is 0. The van der Waals surface area contributed by atoms with E-state index in [2.05, 4.69) is 228 Å². The van der Waals surface area contributed by atoms with Crippen molar-refractivity contribution in [2.45, 2.75) is 0 Å². The van der Waals surface area contributed by atoms with E-state index in [9.17, 15) is 0 Å². The molecule has 0 saturated carbocycles. The van der Waals surface area contributed by atoms with E-state index in [1.807, 2.05) is 18.2 Å². The molecule has 0 aliphatic carbocycles. The minimum Gasteiger partial charge on any atom is -0.307 e. The third-order valence-corrected chi connectivity index (χ3v) is 13.8. The van der Waals surface area contributed by atoms with E-state index in [1.54, 1.807) is 0 Å². The molecule has 0 unspecified atom stereocenters. The van der Waals surface area contributed by atoms with Crippen molar-refractivity contribution in [3.8, 4) is 56.7 Å². The molecule has 3 heterocycles. The summed E-state index contributed by atoms with van der Waals surface area (Å²) in [6.45, 7) is 0. The number of hydrogen-bond acceptors (Lipinski definition) is 3. The van der Waals surface area contributed by atoms with Gasteiger partial charge in [-0.25, -0.2) is 4.98 Å². The molecule has 5 heteroatoms. The third-order valence-electron chi connectivity index (χ3n) is 13.8. The monoisotopic (exact) mass is 865 g/mol. The molecular weight excluding hydrogens is 827 g/mol. The Labute approximate surface area is 391 Å². The largest absolute Gasteiger partial charge is 0.307 e. The van der Waals surface area contributed by atoms with Gasteiger partial charge in [0.25, 0.3) is 0 Å². The lowest BCUT2D eigenvalue weighted by Gasteiger charge is -2.14. The van der Waals surface area contributed by atoms with Crippen LogP contribution in [0.1, 0.15) is 0 Å². The average molecular weight is 866 g/mol. The van der Waals surface area contributed by atoms with E-state index in [1.165, 1.54) is 48.8 Å². The number of rotatable bonds is 6. The molecule has 316 valence electrons. The van der Waals surface area contributed by atoms with E-state index in [-0.39, 0.29) is 0 Å². The fourth-order valence-electron chi connectivity index (χ4n) is 10.6. The molecule has 0 amide bonds. The molecule has 0 aliphatic rings. The Balaban J connectivity index is 1.00. The third kappa shape index (κ3) is 5.93. The Morgan fingerprint density at radius 3 is 1.28 bits per heavy atom. The van der Waals surface area contributed by atoms with E-state index < -0.39 is 0 Å². The fourth-order valence-corrected chi connectivity index (χ4v) is 10.6. The Hall–Kier alpha value is -9.19. The summed E-state index contributed by atoms with van der Waals surface area (Å²) in [6, 6.07) is 84.6. The minimum absolute atomic E-state index is 0.554. The number of hydrogen-bond donors (Lipinski definition) is 0. The molecule has 0 saturated heterocycles.